The zero-order valence-electron chi connectivity index (χ0n) is 48.0. The smallest absolute Gasteiger partial charge is 0.409 e. The molecule has 1 saturated heterocycles. The summed E-state index contributed by atoms with van der Waals surface area (Å²) in [7, 11) is 2.02. The number of carbonyl (C=O) groups excluding carboxylic acids is 8. The van der Waals surface area contributed by atoms with Crippen molar-refractivity contribution in [1.29, 1.82) is 0 Å². The minimum atomic E-state index is -1.04. The lowest BCUT2D eigenvalue weighted by Crippen LogP contribution is -2.56. The zero-order valence-corrected chi connectivity index (χ0v) is 49.5. The summed E-state index contributed by atoms with van der Waals surface area (Å²) < 4.78 is 28.2. The number of nitrogens with one attached hydrogen (secondary N) is 6. The molecule has 3 atom stereocenters. The maximum Gasteiger partial charge on any atom is 0.415 e. The summed E-state index contributed by atoms with van der Waals surface area (Å²) in [6.45, 7) is 11.7. The Hall–Kier alpha value is -6.90. The molecule has 0 spiro atoms. The Morgan fingerprint density at radius 2 is 1.39 bits per heavy atom. The van der Waals surface area contributed by atoms with Crippen LogP contribution in [0.25, 0.3) is 21.7 Å². The van der Waals surface area contributed by atoms with Crippen molar-refractivity contribution in [1.82, 2.24) is 41.4 Å². The normalized spacial score (nSPS) is 15.7. The average Bonchev–Trinajstić information content (AvgIpc) is 3.69. The fourth-order valence-corrected chi connectivity index (χ4v) is 10.8. The summed E-state index contributed by atoms with van der Waals surface area (Å²) in [6.07, 6.45) is 1.05. The number of likely N-dealkylation sites (N-methyl/N-ethyl adjacent to an activating group) is 1. The largest absolute Gasteiger partial charge is 0.415 e. The molecule has 4 heterocycles. The topological polar surface area (TPSA) is 298 Å². The Kier molecular flexibility index (Phi) is 24.3. The number of hydrogen-bond donors (Lipinski definition) is 7. The zero-order chi connectivity index (χ0) is 59.4. The molecule has 9 amide bonds. The van der Waals surface area contributed by atoms with Crippen LogP contribution < -0.4 is 46.9 Å². The number of benzene rings is 3. The van der Waals surface area contributed by atoms with E-state index in [1.165, 1.54) is 0 Å². The molecule has 7 rings (SSSR count). The third kappa shape index (κ3) is 17.6. The Morgan fingerprint density at radius 1 is 0.711 bits per heavy atom. The quantitative estimate of drug-likeness (QED) is 0.0280. The van der Waals surface area contributed by atoms with Crippen molar-refractivity contribution in [3.8, 4) is 5.75 Å². The molecule has 0 unspecified atom stereocenters. The van der Waals surface area contributed by atoms with Crippen molar-refractivity contribution in [3.63, 3.8) is 0 Å². The number of H-pyrrole nitrogens is 1. The van der Waals surface area contributed by atoms with Crippen molar-refractivity contribution in [2.45, 2.75) is 77.3 Å². The van der Waals surface area contributed by atoms with Gasteiger partial charge in [-0.05, 0) is 66.9 Å². The van der Waals surface area contributed by atoms with E-state index in [1.54, 1.807) is 41.5 Å². The molecule has 0 aliphatic carbocycles. The van der Waals surface area contributed by atoms with E-state index in [0.717, 1.165) is 40.4 Å². The minimum absolute atomic E-state index is 0.0253. The summed E-state index contributed by atoms with van der Waals surface area (Å²) in [5.41, 5.74) is 9.53. The maximum absolute atomic E-state index is 14.8. The molecule has 0 bridgehead atoms. The van der Waals surface area contributed by atoms with Crippen LogP contribution in [0.15, 0.2) is 48.5 Å². The van der Waals surface area contributed by atoms with E-state index in [0.29, 0.717) is 125 Å². The standard InChI is InChI=1S/C58H80BrN11O13/c1-5-49(71)61-18-14-50(72)62-19-26-80-28-30-82-32-31-81-29-27-79-25-16-51(73)66-53(37(2)3)54(74)65-44(11-8-17-63-57(60)77)55(75)69-20-15-39-42-33-45(64-43(42)12-13-46(39)69)56(76)70-36-38(35-59)52-41-10-7-6-9-40(41)48(34-47(52)70)83-58(78)68-23-21-67(4)22-24-68/h6-7,9-10,12-13,33-34,37-38,44,53,64H,5,8,11,14-32,35-36H2,1-4H3,(H,61,71)(H,62,72)(H,65,74)(H,66,73)(H3,60,63,77)/t38-,44+,53+/m1/s1. The lowest BCUT2D eigenvalue weighted by atomic mass is 9.95. The number of ether oxygens (including phenoxy) is 5. The number of amides is 9. The van der Waals surface area contributed by atoms with Crippen LogP contribution >= 0.6 is 15.9 Å². The predicted octanol–water partition coefficient (Wildman–Crippen LogP) is 3.66. The molecule has 4 aromatic rings. The number of piperazine rings is 1. The summed E-state index contributed by atoms with van der Waals surface area (Å²) in [4.78, 5) is 115. The number of anilines is 2. The molecule has 3 aliphatic rings. The number of nitrogens with two attached hydrogens (primary N) is 1. The van der Waals surface area contributed by atoms with E-state index in [9.17, 15) is 38.4 Å². The summed E-state index contributed by atoms with van der Waals surface area (Å²) >= 11 is 3.71. The van der Waals surface area contributed by atoms with Crippen LogP contribution in [0, 0.1) is 5.92 Å². The van der Waals surface area contributed by atoms with Gasteiger partial charge in [-0.15, -0.1) is 0 Å². The third-order valence-electron chi connectivity index (χ3n) is 14.8. The number of rotatable bonds is 31. The second kappa shape index (κ2) is 31.7. The molecular formula is C58H80BrN11O13. The van der Waals surface area contributed by atoms with Crippen molar-refractivity contribution in [2.75, 3.05) is 134 Å². The van der Waals surface area contributed by atoms with Crippen LogP contribution in [-0.4, -0.2) is 199 Å². The van der Waals surface area contributed by atoms with Crippen LogP contribution in [0.4, 0.5) is 21.0 Å². The molecule has 3 aliphatic heterocycles. The SMILES string of the molecule is CCC(=O)NCCC(=O)NCCOCCOCCOCCOCCC(=O)N[C@H](C(=O)N[C@@H](CCCNC(N)=O)C(=O)N1CCc2c1ccc1[nH]c(C(=O)N3C[C@@H](CBr)c4c3cc(OC(=O)N3CCN(C)CC3)c3ccccc43)cc21)C(C)C. The van der Waals surface area contributed by atoms with E-state index < -0.39 is 36.0 Å². The third-order valence-corrected chi connectivity index (χ3v) is 15.6. The molecule has 1 fully saturated rings. The summed E-state index contributed by atoms with van der Waals surface area (Å²) in [6, 6.07) is 12.3. The lowest BCUT2D eigenvalue weighted by Gasteiger charge is -2.31. The fraction of sp³-hybridized carbons (Fsp3) is 0.552. The van der Waals surface area contributed by atoms with Gasteiger partial charge in [-0.25, -0.2) is 9.59 Å². The van der Waals surface area contributed by atoms with E-state index in [2.05, 4.69) is 52.4 Å². The Morgan fingerprint density at radius 3 is 2.06 bits per heavy atom. The van der Waals surface area contributed by atoms with E-state index in [-0.39, 0.29) is 81.1 Å². The van der Waals surface area contributed by atoms with Crippen molar-refractivity contribution >= 4 is 96.5 Å². The lowest BCUT2D eigenvalue weighted by molar-refractivity contribution is -0.132. The first-order valence-corrected chi connectivity index (χ1v) is 29.7. The van der Waals surface area contributed by atoms with Gasteiger partial charge in [0.15, 0.2) is 0 Å². The van der Waals surface area contributed by atoms with Crippen LogP contribution in [-0.2, 0) is 49.3 Å². The molecule has 452 valence electrons. The number of aromatic amines is 1. The van der Waals surface area contributed by atoms with Crippen LogP contribution in [0.5, 0.6) is 5.75 Å². The van der Waals surface area contributed by atoms with Gasteiger partial charge in [0.1, 0.15) is 23.5 Å². The fourth-order valence-electron chi connectivity index (χ4n) is 10.3. The summed E-state index contributed by atoms with van der Waals surface area (Å²) in [5, 5.41) is 16.7. The van der Waals surface area contributed by atoms with Crippen LogP contribution in [0.1, 0.15) is 80.4 Å². The monoisotopic (exact) mass is 1220 g/mol. The predicted molar refractivity (Wildman–Crippen MR) is 316 cm³/mol. The van der Waals surface area contributed by atoms with Gasteiger partial charge in [0.2, 0.25) is 29.5 Å². The molecule has 83 heavy (non-hydrogen) atoms. The van der Waals surface area contributed by atoms with Gasteiger partial charge in [0, 0.05) is 117 Å². The van der Waals surface area contributed by atoms with Crippen LogP contribution in [0.2, 0.25) is 0 Å². The molecule has 3 aromatic carbocycles. The highest BCUT2D eigenvalue weighted by Crippen LogP contribution is 2.47. The van der Waals surface area contributed by atoms with Gasteiger partial charge in [0.05, 0.1) is 58.5 Å². The summed E-state index contributed by atoms with van der Waals surface area (Å²) in [5.74, 6) is -1.88. The average molecular weight is 1220 g/mol. The second-order valence-corrected chi connectivity index (χ2v) is 21.7. The van der Waals surface area contributed by atoms with Crippen molar-refractivity contribution in [2.24, 2.45) is 11.7 Å². The molecular weight excluding hydrogens is 1140 g/mol. The molecule has 24 nitrogen and oxygen atoms in total. The molecule has 1 aromatic heterocycles. The van der Waals surface area contributed by atoms with Gasteiger partial charge in [-0.1, -0.05) is 61.0 Å². The minimum Gasteiger partial charge on any atom is -0.409 e. The highest BCUT2D eigenvalue weighted by atomic mass is 79.9. The van der Waals surface area contributed by atoms with Crippen molar-refractivity contribution in [3.05, 3.63) is 65.4 Å². The first kappa shape index (κ1) is 63.7. The number of aromatic nitrogens is 1. The highest BCUT2D eigenvalue weighted by molar-refractivity contribution is 9.09. The van der Waals surface area contributed by atoms with E-state index in [4.69, 9.17) is 29.4 Å². The molecule has 0 saturated carbocycles. The highest BCUT2D eigenvalue weighted by Gasteiger charge is 2.38. The Labute approximate surface area is 491 Å². The maximum atomic E-state index is 14.8. The van der Waals surface area contributed by atoms with E-state index in [1.807, 2.05) is 49.5 Å². The second-order valence-electron chi connectivity index (χ2n) is 21.0. The van der Waals surface area contributed by atoms with Gasteiger partial charge >= 0.3 is 12.1 Å². The Bertz CT molecular complexity index is 2910. The van der Waals surface area contributed by atoms with E-state index >= 15 is 0 Å². The van der Waals surface area contributed by atoms with Gasteiger partial charge < -0.3 is 80.6 Å². The van der Waals surface area contributed by atoms with Gasteiger partial charge in [-0.2, -0.15) is 0 Å². The molecule has 0 radical (unpaired) electrons. The Balaban J connectivity index is 0.905. The number of urea groups is 1. The first-order valence-electron chi connectivity index (χ1n) is 28.6. The number of fused-ring (bicyclic) bond motifs is 6. The number of nitrogens with zero attached hydrogens (tertiary/aromatic N) is 4. The number of primary amides is 1. The van der Waals surface area contributed by atoms with Gasteiger partial charge in [0.25, 0.3) is 5.91 Å². The first-order chi connectivity index (χ1) is 40.1. The number of hydrogen-bond acceptors (Lipinski definition) is 14. The van der Waals surface area contributed by atoms with Crippen LogP contribution in [0.3, 0.4) is 0 Å². The van der Waals surface area contributed by atoms with Gasteiger partial charge in [-0.3, -0.25) is 28.8 Å². The number of alkyl halides is 1. The number of carbonyl (C=O) groups is 8. The molecule has 25 heteroatoms. The molecule has 8 N–H and O–H groups in total. The van der Waals surface area contributed by atoms with Crippen molar-refractivity contribution < 1.29 is 62.0 Å². The number of halogens is 1.